The molecule has 1 fully saturated rings. The van der Waals surface area contributed by atoms with Crippen molar-refractivity contribution in [3.8, 4) is 0 Å². The van der Waals surface area contributed by atoms with Crippen molar-refractivity contribution in [2.45, 2.75) is 24.0 Å². The number of carbonyl (C=O) groups excluding carboxylic acids is 1. The summed E-state index contributed by atoms with van der Waals surface area (Å²) in [4.78, 5) is 13.8. The van der Waals surface area contributed by atoms with Crippen molar-refractivity contribution in [3.63, 3.8) is 0 Å². The fourth-order valence-electron chi connectivity index (χ4n) is 1.80. The van der Waals surface area contributed by atoms with Crippen molar-refractivity contribution in [1.29, 1.82) is 0 Å². The van der Waals surface area contributed by atoms with Gasteiger partial charge in [-0.3, -0.25) is 4.79 Å². The molecule has 0 radical (unpaired) electrons. The lowest BCUT2D eigenvalue weighted by Gasteiger charge is -2.29. The van der Waals surface area contributed by atoms with Crippen LogP contribution in [0.2, 0.25) is 0 Å². The lowest BCUT2D eigenvalue weighted by molar-refractivity contribution is 0.0677. The molecule has 1 aliphatic rings. The van der Waals surface area contributed by atoms with E-state index >= 15 is 0 Å². The summed E-state index contributed by atoms with van der Waals surface area (Å²) < 4.78 is 5.42. The number of hydrogen-bond acceptors (Lipinski definition) is 4. The molecule has 17 heavy (non-hydrogen) atoms. The summed E-state index contributed by atoms with van der Waals surface area (Å²) in [6, 6.07) is 3.80. The Hall–Kier alpha value is -0.650. The lowest BCUT2D eigenvalue weighted by Crippen LogP contribution is -2.42. The fraction of sp³-hybridized carbons (Fsp3) is 0.545. The van der Waals surface area contributed by atoms with Crippen molar-refractivity contribution in [2.24, 2.45) is 5.73 Å². The van der Waals surface area contributed by atoms with E-state index in [1.54, 1.807) is 6.07 Å². The van der Waals surface area contributed by atoms with Crippen LogP contribution in [0.5, 0.6) is 0 Å². The Kier molecular flexibility index (Phi) is 5.36. The van der Waals surface area contributed by atoms with Gasteiger partial charge in [-0.25, -0.2) is 0 Å². The second-order valence-electron chi connectivity index (χ2n) is 3.95. The van der Waals surface area contributed by atoms with Crippen LogP contribution in [0.1, 0.15) is 23.4 Å². The smallest absolute Gasteiger partial charge is 0.289 e. The quantitative estimate of drug-likeness (QED) is 0.839. The van der Waals surface area contributed by atoms with Crippen molar-refractivity contribution in [1.82, 2.24) is 4.90 Å². The molecular formula is C11H17ClN2O2S. The molecule has 0 spiro atoms. The Bertz CT molecular complexity index is 375. The Balaban J connectivity index is 0.00000144. The van der Waals surface area contributed by atoms with Crippen molar-refractivity contribution >= 4 is 30.1 Å². The van der Waals surface area contributed by atoms with Gasteiger partial charge in [0.15, 0.2) is 10.9 Å². The predicted octanol–water partition coefficient (Wildman–Crippen LogP) is 1.99. The van der Waals surface area contributed by atoms with Crippen molar-refractivity contribution in [2.75, 3.05) is 19.3 Å². The first-order valence-electron chi connectivity index (χ1n) is 5.39. The highest BCUT2D eigenvalue weighted by molar-refractivity contribution is 7.98. The number of carbonyl (C=O) groups is 1. The molecule has 0 saturated carbocycles. The number of amides is 1. The minimum atomic E-state index is -0.0211. The van der Waals surface area contributed by atoms with Crippen LogP contribution in [-0.4, -0.2) is 36.2 Å². The third kappa shape index (κ3) is 3.40. The monoisotopic (exact) mass is 276 g/mol. The molecular weight excluding hydrogens is 260 g/mol. The molecule has 2 N–H and O–H groups in total. The van der Waals surface area contributed by atoms with E-state index in [1.165, 1.54) is 11.8 Å². The molecule has 1 amide bonds. The van der Waals surface area contributed by atoms with Gasteiger partial charge in [0.05, 0.1) is 0 Å². The van der Waals surface area contributed by atoms with Gasteiger partial charge in [0.1, 0.15) is 0 Å². The Morgan fingerprint density at radius 1 is 1.47 bits per heavy atom. The molecule has 1 aromatic heterocycles. The van der Waals surface area contributed by atoms with Crippen LogP contribution in [0, 0.1) is 0 Å². The normalized spacial score (nSPS) is 16.7. The number of thioether (sulfide) groups is 1. The second-order valence-corrected chi connectivity index (χ2v) is 4.76. The molecule has 1 saturated heterocycles. The van der Waals surface area contributed by atoms with Gasteiger partial charge in [-0.1, -0.05) is 11.8 Å². The van der Waals surface area contributed by atoms with Gasteiger partial charge < -0.3 is 15.1 Å². The SMILES string of the molecule is CSc1ccc(C(=O)N2CCC(N)CC2)o1.Cl. The maximum atomic E-state index is 12.0. The van der Waals surface area contributed by atoms with Gasteiger partial charge in [-0.2, -0.15) is 0 Å². The van der Waals surface area contributed by atoms with E-state index in [1.807, 2.05) is 17.2 Å². The first-order chi connectivity index (χ1) is 7.70. The summed E-state index contributed by atoms with van der Waals surface area (Å²) in [6.07, 6.45) is 3.68. The average Bonchev–Trinajstić information content (AvgIpc) is 2.77. The largest absolute Gasteiger partial charge is 0.445 e. The minimum Gasteiger partial charge on any atom is -0.445 e. The van der Waals surface area contributed by atoms with Crippen LogP contribution >= 0.6 is 24.2 Å². The van der Waals surface area contributed by atoms with Gasteiger partial charge in [-0.15, -0.1) is 12.4 Å². The van der Waals surface area contributed by atoms with Crippen LogP contribution in [0.3, 0.4) is 0 Å². The van der Waals surface area contributed by atoms with Crippen LogP contribution in [0.15, 0.2) is 21.6 Å². The molecule has 0 aromatic carbocycles. The second kappa shape index (κ2) is 6.33. The van der Waals surface area contributed by atoms with Crippen LogP contribution < -0.4 is 5.73 Å². The highest BCUT2D eigenvalue weighted by Crippen LogP contribution is 2.20. The van der Waals surface area contributed by atoms with E-state index in [-0.39, 0.29) is 24.4 Å². The predicted molar refractivity (Wildman–Crippen MR) is 70.8 cm³/mol. The Morgan fingerprint density at radius 3 is 2.65 bits per heavy atom. The van der Waals surface area contributed by atoms with E-state index in [0.29, 0.717) is 5.76 Å². The highest BCUT2D eigenvalue weighted by Gasteiger charge is 2.23. The molecule has 0 atom stereocenters. The topological polar surface area (TPSA) is 59.5 Å². The van der Waals surface area contributed by atoms with Gasteiger partial charge >= 0.3 is 0 Å². The van der Waals surface area contributed by atoms with Gasteiger partial charge in [0.2, 0.25) is 0 Å². The molecule has 96 valence electrons. The van der Waals surface area contributed by atoms with E-state index in [4.69, 9.17) is 10.2 Å². The number of furan rings is 1. The summed E-state index contributed by atoms with van der Waals surface area (Å²) in [6.45, 7) is 1.46. The lowest BCUT2D eigenvalue weighted by atomic mass is 10.1. The zero-order valence-electron chi connectivity index (χ0n) is 9.72. The molecule has 4 nitrogen and oxygen atoms in total. The number of nitrogens with zero attached hydrogens (tertiary/aromatic N) is 1. The van der Waals surface area contributed by atoms with Gasteiger partial charge in [0, 0.05) is 19.1 Å². The molecule has 2 rings (SSSR count). The summed E-state index contributed by atoms with van der Waals surface area (Å²) >= 11 is 1.50. The molecule has 6 heteroatoms. The molecule has 1 aliphatic heterocycles. The van der Waals surface area contributed by atoms with E-state index in [0.717, 1.165) is 31.0 Å². The number of hydrogen-bond donors (Lipinski definition) is 1. The van der Waals surface area contributed by atoms with Gasteiger partial charge in [-0.05, 0) is 31.2 Å². The van der Waals surface area contributed by atoms with Crippen molar-refractivity contribution < 1.29 is 9.21 Å². The fourth-order valence-corrected chi connectivity index (χ4v) is 2.18. The summed E-state index contributed by atoms with van der Waals surface area (Å²) in [7, 11) is 0. The molecule has 0 aliphatic carbocycles. The minimum absolute atomic E-state index is 0. The molecule has 2 heterocycles. The maximum Gasteiger partial charge on any atom is 0.289 e. The maximum absolute atomic E-state index is 12.0. The summed E-state index contributed by atoms with van der Waals surface area (Å²) in [5.41, 5.74) is 5.80. The summed E-state index contributed by atoms with van der Waals surface area (Å²) in [5, 5.41) is 0.775. The van der Waals surface area contributed by atoms with E-state index in [2.05, 4.69) is 0 Å². The Morgan fingerprint density at radius 2 is 2.12 bits per heavy atom. The molecule has 0 bridgehead atoms. The van der Waals surface area contributed by atoms with Crippen LogP contribution in [0.25, 0.3) is 0 Å². The van der Waals surface area contributed by atoms with E-state index in [9.17, 15) is 4.79 Å². The zero-order valence-corrected chi connectivity index (χ0v) is 11.4. The average molecular weight is 277 g/mol. The highest BCUT2D eigenvalue weighted by atomic mass is 35.5. The zero-order chi connectivity index (χ0) is 11.5. The van der Waals surface area contributed by atoms with Gasteiger partial charge in [0.25, 0.3) is 5.91 Å². The number of rotatable bonds is 2. The number of likely N-dealkylation sites (tertiary alicyclic amines) is 1. The van der Waals surface area contributed by atoms with Crippen molar-refractivity contribution in [3.05, 3.63) is 17.9 Å². The first-order valence-corrected chi connectivity index (χ1v) is 6.62. The number of nitrogens with two attached hydrogens (primary N) is 1. The molecule has 0 unspecified atom stereocenters. The van der Waals surface area contributed by atoms with E-state index < -0.39 is 0 Å². The Labute approximate surface area is 111 Å². The summed E-state index contributed by atoms with van der Waals surface area (Å²) in [5.74, 6) is 0.409. The van der Waals surface area contributed by atoms with Crippen LogP contribution in [-0.2, 0) is 0 Å². The van der Waals surface area contributed by atoms with Crippen LogP contribution in [0.4, 0.5) is 0 Å². The standard InChI is InChI=1S/C11H16N2O2S.ClH/c1-16-10-3-2-9(15-10)11(14)13-6-4-8(12)5-7-13;/h2-3,8H,4-7,12H2,1H3;1H. The third-order valence-electron chi connectivity index (χ3n) is 2.82. The molecule has 1 aromatic rings. The third-order valence-corrected chi connectivity index (χ3v) is 3.44. The first kappa shape index (κ1) is 14.4. The number of piperidine rings is 1. The number of halogens is 1.